The first kappa shape index (κ1) is 17.9. The lowest BCUT2D eigenvalue weighted by molar-refractivity contribution is 0.439. The molecule has 28 heavy (non-hydrogen) atoms. The number of para-hydroxylation sites is 1. The molecule has 4 heteroatoms. The van der Waals surface area contributed by atoms with Crippen LogP contribution in [0.3, 0.4) is 0 Å². The first-order valence-corrected chi connectivity index (χ1v) is 9.23. The molecule has 0 heterocycles. The Hall–Kier alpha value is -3.50. The molecule has 0 N–H and O–H groups in total. The molecule has 0 aliphatic heterocycles. The minimum atomic E-state index is 0.534. The molecular formula is C24H20NO3-. The van der Waals surface area contributed by atoms with Crippen molar-refractivity contribution in [2.75, 3.05) is 5.06 Å². The first-order valence-electron chi connectivity index (χ1n) is 9.23. The van der Waals surface area contributed by atoms with Crippen LogP contribution in [0, 0.1) is 5.21 Å². The van der Waals surface area contributed by atoms with E-state index in [0.29, 0.717) is 22.9 Å². The Kier molecular flexibility index (Phi) is 5.41. The molecule has 0 aromatic heterocycles. The lowest BCUT2D eigenvalue weighted by atomic mass is 10.2. The average molecular weight is 370 g/mol. The van der Waals surface area contributed by atoms with E-state index in [-0.39, 0.29) is 0 Å². The maximum atomic E-state index is 12.6. The molecule has 4 nitrogen and oxygen atoms in total. The lowest BCUT2D eigenvalue weighted by Crippen LogP contribution is -2.06. The van der Waals surface area contributed by atoms with E-state index >= 15 is 0 Å². The molecule has 0 saturated carbocycles. The highest BCUT2D eigenvalue weighted by Crippen LogP contribution is 2.29. The monoisotopic (exact) mass is 370 g/mol. The third kappa shape index (κ3) is 4.42. The van der Waals surface area contributed by atoms with Crippen molar-refractivity contribution in [3.8, 4) is 17.2 Å². The van der Waals surface area contributed by atoms with E-state index in [2.05, 4.69) is 12.2 Å². The SMILES string of the molecule is [O-]N(c1ccc(OC2=CCCC=C2)cc1)c1ccc(Oc2ccccc2)cc1. The standard InChI is InChI=1S/C24H20NO3/c26-25(19-11-15-23(16-12-19)27-21-7-3-1-4-8-21)20-13-17-24(18-14-20)28-22-9-5-2-6-10-22/h1,3-5,7-18H,2,6H2/q-1. The number of ether oxygens (including phenoxy) is 2. The lowest BCUT2D eigenvalue weighted by Gasteiger charge is -2.31. The fraction of sp³-hybridized carbons (Fsp3) is 0.0833. The second-order valence-electron chi connectivity index (χ2n) is 6.39. The van der Waals surface area contributed by atoms with Crippen LogP contribution in [-0.4, -0.2) is 0 Å². The van der Waals surface area contributed by atoms with Crippen LogP contribution < -0.4 is 14.5 Å². The molecule has 0 spiro atoms. The third-order valence-electron chi connectivity index (χ3n) is 4.32. The second-order valence-corrected chi connectivity index (χ2v) is 6.39. The maximum absolute atomic E-state index is 12.6. The molecule has 0 atom stereocenters. The normalized spacial score (nSPS) is 13.0. The van der Waals surface area contributed by atoms with Gasteiger partial charge in [0, 0.05) is 11.4 Å². The van der Waals surface area contributed by atoms with Crippen LogP contribution in [0.15, 0.2) is 103 Å². The number of hydrogen-bond donors (Lipinski definition) is 0. The van der Waals surface area contributed by atoms with Crippen LogP contribution in [0.1, 0.15) is 12.8 Å². The van der Waals surface area contributed by atoms with E-state index in [9.17, 15) is 5.21 Å². The number of anilines is 2. The van der Waals surface area contributed by atoms with Crippen molar-refractivity contribution in [2.45, 2.75) is 12.8 Å². The summed E-state index contributed by atoms with van der Waals surface area (Å²) in [5.74, 6) is 2.99. The number of benzene rings is 3. The predicted molar refractivity (Wildman–Crippen MR) is 112 cm³/mol. The van der Waals surface area contributed by atoms with Gasteiger partial charge in [0.15, 0.2) is 0 Å². The molecule has 3 aromatic rings. The van der Waals surface area contributed by atoms with Gasteiger partial charge in [-0.15, -0.1) is 0 Å². The minimum absolute atomic E-state index is 0.534. The van der Waals surface area contributed by atoms with Crippen LogP contribution in [-0.2, 0) is 0 Å². The average Bonchev–Trinajstić information content (AvgIpc) is 2.76. The summed E-state index contributed by atoms with van der Waals surface area (Å²) in [6, 6.07) is 23.7. The molecule has 0 radical (unpaired) electrons. The minimum Gasteiger partial charge on any atom is -0.754 e. The van der Waals surface area contributed by atoms with Crippen molar-refractivity contribution < 1.29 is 9.47 Å². The topological polar surface area (TPSA) is 44.8 Å². The molecule has 4 rings (SSSR count). The summed E-state index contributed by atoms with van der Waals surface area (Å²) in [7, 11) is 0. The van der Waals surface area contributed by atoms with Crippen molar-refractivity contribution in [3.63, 3.8) is 0 Å². The summed E-state index contributed by atoms with van der Waals surface area (Å²) < 4.78 is 11.6. The van der Waals surface area contributed by atoms with Crippen molar-refractivity contribution in [2.24, 2.45) is 0 Å². The van der Waals surface area contributed by atoms with Gasteiger partial charge in [0.25, 0.3) is 0 Å². The Bertz CT molecular complexity index is 961. The predicted octanol–water partition coefficient (Wildman–Crippen LogP) is 6.73. The van der Waals surface area contributed by atoms with Crippen molar-refractivity contribution in [1.29, 1.82) is 0 Å². The zero-order valence-electron chi connectivity index (χ0n) is 15.3. The molecule has 0 amide bonds. The van der Waals surface area contributed by atoms with Crippen LogP contribution in [0.5, 0.6) is 17.2 Å². The van der Waals surface area contributed by atoms with Gasteiger partial charge in [0.1, 0.15) is 23.0 Å². The van der Waals surface area contributed by atoms with E-state index in [1.807, 2.05) is 36.4 Å². The Morgan fingerprint density at radius 3 is 1.79 bits per heavy atom. The largest absolute Gasteiger partial charge is 0.754 e. The molecule has 0 fully saturated rings. The quantitative estimate of drug-likeness (QED) is 0.451. The van der Waals surface area contributed by atoms with Gasteiger partial charge in [-0.05, 0) is 85.7 Å². The molecule has 0 saturated heterocycles. The first-order chi connectivity index (χ1) is 13.8. The fourth-order valence-electron chi connectivity index (χ4n) is 2.87. The number of allylic oxidation sites excluding steroid dienone is 3. The smallest absolute Gasteiger partial charge is 0.127 e. The van der Waals surface area contributed by atoms with Crippen LogP contribution >= 0.6 is 0 Å². The molecule has 0 bridgehead atoms. The Morgan fingerprint density at radius 2 is 1.21 bits per heavy atom. The Labute approximate surface area is 164 Å². The third-order valence-corrected chi connectivity index (χ3v) is 4.32. The van der Waals surface area contributed by atoms with Gasteiger partial charge in [-0.3, -0.25) is 0 Å². The number of hydrogen-bond acceptors (Lipinski definition) is 4. The van der Waals surface area contributed by atoms with Crippen LogP contribution in [0.2, 0.25) is 0 Å². The van der Waals surface area contributed by atoms with Crippen molar-refractivity contribution >= 4 is 11.4 Å². The van der Waals surface area contributed by atoms with Gasteiger partial charge in [0.05, 0.1) is 0 Å². The summed E-state index contributed by atoms with van der Waals surface area (Å²) in [5, 5.41) is 13.5. The molecular weight excluding hydrogens is 350 g/mol. The summed E-state index contributed by atoms with van der Waals surface area (Å²) in [5.41, 5.74) is 1.07. The van der Waals surface area contributed by atoms with E-state index < -0.39 is 0 Å². The summed E-state index contributed by atoms with van der Waals surface area (Å²) in [6.07, 6.45) is 8.16. The van der Waals surface area contributed by atoms with E-state index in [4.69, 9.17) is 9.47 Å². The van der Waals surface area contributed by atoms with E-state index in [0.717, 1.165) is 29.4 Å². The zero-order chi connectivity index (χ0) is 19.2. The van der Waals surface area contributed by atoms with Crippen molar-refractivity contribution in [3.05, 3.63) is 108 Å². The van der Waals surface area contributed by atoms with Crippen LogP contribution in [0.4, 0.5) is 11.4 Å². The van der Waals surface area contributed by atoms with Crippen molar-refractivity contribution in [1.82, 2.24) is 0 Å². The fourth-order valence-corrected chi connectivity index (χ4v) is 2.87. The summed E-state index contributed by atoms with van der Waals surface area (Å²) >= 11 is 0. The second kappa shape index (κ2) is 8.46. The Morgan fingerprint density at radius 1 is 0.643 bits per heavy atom. The van der Waals surface area contributed by atoms with E-state index in [1.54, 1.807) is 48.5 Å². The van der Waals surface area contributed by atoms with Gasteiger partial charge in [-0.25, -0.2) is 0 Å². The van der Waals surface area contributed by atoms with E-state index in [1.165, 1.54) is 0 Å². The number of nitrogens with zero attached hydrogens (tertiary/aromatic N) is 1. The zero-order valence-corrected chi connectivity index (χ0v) is 15.3. The highest BCUT2D eigenvalue weighted by Gasteiger charge is 2.04. The highest BCUT2D eigenvalue weighted by molar-refractivity contribution is 5.65. The number of rotatable bonds is 6. The molecule has 140 valence electrons. The molecule has 0 unspecified atom stereocenters. The van der Waals surface area contributed by atoms with Gasteiger partial charge in [0.2, 0.25) is 0 Å². The van der Waals surface area contributed by atoms with Crippen LogP contribution in [0.25, 0.3) is 0 Å². The molecule has 1 aliphatic carbocycles. The molecule has 1 aliphatic rings. The highest BCUT2D eigenvalue weighted by atomic mass is 16.5. The summed E-state index contributed by atoms with van der Waals surface area (Å²) in [6.45, 7) is 0. The van der Waals surface area contributed by atoms with Gasteiger partial charge < -0.3 is 19.7 Å². The van der Waals surface area contributed by atoms with Gasteiger partial charge >= 0.3 is 0 Å². The maximum Gasteiger partial charge on any atom is 0.127 e. The van der Waals surface area contributed by atoms with Gasteiger partial charge in [-0.2, -0.15) is 0 Å². The molecule has 3 aromatic carbocycles. The Balaban J connectivity index is 1.41. The van der Waals surface area contributed by atoms with Gasteiger partial charge in [-0.1, -0.05) is 24.3 Å². The summed E-state index contributed by atoms with van der Waals surface area (Å²) in [4.78, 5) is 0.